The summed E-state index contributed by atoms with van der Waals surface area (Å²) in [5.41, 5.74) is 0.750. The van der Waals surface area contributed by atoms with Gasteiger partial charge in [0.15, 0.2) is 0 Å². The first-order valence-corrected chi connectivity index (χ1v) is 5.56. The van der Waals surface area contributed by atoms with E-state index in [1.54, 1.807) is 36.2 Å². The fourth-order valence-corrected chi connectivity index (χ4v) is 1.76. The zero-order valence-corrected chi connectivity index (χ0v) is 9.72. The summed E-state index contributed by atoms with van der Waals surface area (Å²) < 4.78 is 5.26. The monoisotopic (exact) mass is 236 g/mol. The Balaban J connectivity index is 2.05. The summed E-state index contributed by atoms with van der Waals surface area (Å²) in [6.07, 6.45) is 0. The van der Waals surface area contributed by atoms with Crippen molar-refractivity contribution in [1.29, 1.82) is 0 Å². The van der Waals surface area contributed by atoms with Crippen LogP contribution in [-0.2, 0) is 9.53 Å². The third kappa shape index (κ3) is 2.75. The second-order valence-corrected chi connectivity index (χ2v) is 4.00. The molecule has 0 saturated carbocycles. The number of anilines is 1. The van der Waals surface area contributed by atoms with E-state index in [1.807, 2.05) is 0 Å². The van der Waals surface area contributed by atoms with E-state index >= 15 is 0 Å². The van der Waals surface area contributed by atoms with Crippen LogP contribution in [0.3, 0.4) is 0 Å². The van der Waals surface area contributed by atoms with Gasteiger partial charge in [-0.25, -0.2) is 0 Å². The second kappa shape index (κ2) is 5.16. The number of ether oxygens (including phenoxy) is 1. The normalized spacial score (nSPS) is 19.9. The zero-order chi connectivity index (χ0) is 12.3. The maximum absolute atomic E-state index is 12.1. The van der Waals surface area contributed by atoms with Gasteiger partial charge >= 0.3 is 0 Å². The highest BCUT2D eigenvalue weighted by Crippen LogP contribution is 2.18. The van der Waals surface area contributed by atoms with Gasteiger partial charge in [-0.1, -0.05) is 0 Å². The minimum atomic E-state index is -0.289. The number of phenols is 1. The van der Waals surface area contributed by atoms with Crippen LogP contribution in [0.25, 0.3) is 0 Å². The van der Waals surface area contributed by atoms with Crippen molar-refractivity contribution in [2.45, 2.75) is 6.04 Å². The molecule has 0 radical (unpaired) electrons. The van der Waals surface area contributed by atoms with E-state index in [9.17, 15) is 9.90 Å². The van der Waals surface area contributed by atoms with Gasteiger partial charge in [0, 0.05) is 19.3 Å². The Morgan fingerprint density at radius 3 is 2.76 bits per heavy atom. The van der Waals surface area contributed by atoms with Crippen LogP contribution < -0.4 is 10.2 Å². The van der Waals surface area contributed by atoms with Crippen molar-refractivity contribution in [1.82, 2.24) is 5.32 Å². The van der Waals surface area contributed by atoms with Gasteiger partial charge in [0.05, 0.1) is 13.2 Å². The van der Waals surface area contributed by atoms with Crippen molar-refractivity contribution < 1.29 is 14.6 Å². The average molecular weight is 236 g/mol. The van der Waals surface area contributed by atoms with Crippen LogP contribution in [0.5, 0.6) is 5.75 Å². The molecule has 1 aromatic rings. The van der Waals surface area contributed by atoms with Gasteiger partial charge in [-0.05, 0) is 24.3 Å². The molecule has 1 aromatic carbocycles. The molecule has 1 aliphatic rings. The van der Waals surface area contributed by atoms with Crippen molar-refractivity contribution in [2.75, 3.05) is 31.7 Å². The van der Waals surface area contributed by atoms with E-state index in [2.05, 4.69) is 5.32 Å². The maximum atomic E-state index is 12.1. The highest BCUT2D eigenvalue weighted by atomic mass is 16.5. The molecule has 2 N–H and O–H groups in total. The summed E-state index contributed by atoms with van der Waals surface area (Å²) in [7, 11) is 1.71. The fraction of sp³-hybridized carbons (Fsp3) is 0.417. The van der Waals surface area contributed by atoms with Gasteiger partial charge in [-0.2, -0.15) is 0 Å². The summed E-state index contributed by atoms with van der Waals surface area (Å²) in [5, 5.41) is 12.3. The Morgan fingerprint density at radius 2 is 2.18 bits per heavy atom. The molecule has 0 aromatic heterocycles. The van der Waals surface area contributed by atoms with Gasteiger partial charge in [0.1, 0.15) is 11.8 Å². The number of nitrogens with zero attached hydrogens (tertiary/aromatic N) is 1. The van der Waals surface area contributed by atoms with Crippen LogP contribution in [0.4, 0.5) is 5.69 Å². The zero-order valence-electron chi connectivity index (χ0n) is 9.72. The standard InChI is InChI=1S/C12H16N2O3/c1-14(9-2-4-10(15)5-3-9)12(16)11-8-17-7-6-13-11/h2-5,11,13,15H,6-8H2,1H3. The minimum Gasteiger partial charge on any atom is -0.508 e. The van der Waals surface area contributed by atoms with Crippen LogP contribution in [0.1, 0.15) is 0 Å². The quantitative estimate of drug-likeness (QED) is 0.777. The average Bonchev–Trinajstić information content (AvgIpc) is 2.39. The molecule has 1 unspecified atom stereocenters. The van der Waals surface area contributed by atoms with Gasteiger partial charge in [-0.3, -0.25) is 4.79 Å². The van der Waals surface area contributed by atoms with Gasteiger partial charge in [-0.15, -0.1) is 0 Å². The number of likely N-dealkylation sites (N-methyl/N-ethyl adjacent to an activating group) is 1. The molecule has 17 heavy (non-hydrogen) atoms. The molecular weight excluding hydrogens is 220 g/mol. The molecule has 1 heterocycles. The lowest BCUT2D eigenvalue weighted by atomic mass is 10.2. The molecule has 92 valence electrons. The van der Waals surface area contributed by atoms with Crippen LogP contribution in [0.15, 0.2) is 24.3 Å². The van der Waals surface area contributed by atoms with Crippen LogP contribution in [-0.4, -0.2) is 43.9 Å². The van der Waals surface area contributed by atoms with Gasteiger partial charge in [0.25, 0.3) is 0 Å². The Kier molecular flexibility index (Phi) is 3.61. The number of phenolic OH excluding ortho intramolecular Hbond substituents is 1. The van der Waals surface area contributed by atoms with E-state index in [-0.39, 0.29) is 17.7 Å². The Labute approximate surface area is 100.0 Å². The highest BCUT2D eigenvalue weighted by molar-refractivity contribution is 5.96. The summed E-state index contributed by atoms with van der Waals surface area (Å²) >= 11 is 0. The van der Waals surface area contributed by atoms with Crippen molar-refractivity contribution in [3.05, 3.63) is 24.3 Å². The first-order chi connectivity index (χ1) is 8.18. The SMILES string of the molecule is CN(C(=O)C1COCCN1)c1ccc(O)cc1. The molecule has 0 spiro atoms. The first kappa shape index (κ1) is 11.9. The third-order valence-corrected chi connectivity index (χ3v) is 2.79. The number of hydrogen-bond acceptors (Lipinski definition) is 4. The molecule has 5 heteroatoms. The summed E-state index contributed by atoms with van der Waals surface area (Å²) in [6.45, 7) is 1.74. The number of carbonyl (C=O) groups excluding carboxylic acids is 1. The topological polar surface area (TPSA) is 61.8 Å². The molecule has 1 fully saturated rings. The molecule has 0 aliphatic carbocycles. The molecule has 1 aliphatic heterocycles. The van der Waals surface area contributed by atoms with E-state index in [0.717, 1.165) is 5.69 Å². The predicted molar refractivity (Wildman–Crippen MR) is 64.1 cm³/mol. The molecule has 5 nitrogen and oxygen atoms in total. The summed E-state index contributed by atoms with van der Waals surface area (Å²) in [6, 6.07) is 6.24. The number of rotatable bonds is 2. The number of morpholine rings is 1. The number of nitrogens with one attached hydrogen (secondary N) is 1. The molecule has 1 amide bonds. The minimum absolute atomic E-state index is 0.0320. The van der Waals surface area contributed by atoms with Crippen molar-refractivity contribution in [3.8, 4) is 5.75 Å². The largest absolute Gasteiger partial charge is 0.508 e. The third-order valence-electron chi connectivity index (χ3n) is 2.79. The molecule has 0 bridgehead atoms. The van der Waals surface area contributed by atoms with Gasteiger partial charge < -0.3 is 20.1 Å². The number of amides is 1. The Bertz CT molecular complexity index is 385. The van der Waals surface area contributed by atoms with Crippen LogP contribution in [0.2, 0.25) is 0 Å². The number of hydrogen-bond donors (Lipinski definition) is 2. The number of benzene rings is 1. The van der Waals surface area contributed by atoms with Crippen LogP contribution in [0, 0.1) is 0 Å². The van der Waals surface area contributed by atoms with Crippen molar-refractivity contribution in [3.63, 3.8) is 0 Å². The van der Waals surface area contributed by atoms with Gasteiger partial charge in [0.2, 0.25) is 5.91 Å². The van der Waals surface area contributed by atoms with E-state index < -0.39 is 0 Å². The molecule has 1 atom stereocenters. The Hall–Kier alpha value is -1.59. The van der Waals surface area contributed by atoms with Crippen molar-refractivity contribution >= 4 is 11.6 Å². The number of aromatic hydroxyl groups is 1. The Morgan fingerprint density at radius 1 is 1.47 bits per heavy atom. The first-order valence-electron chi connectivity index (χ1n) is 5.56. The lowest BCUT2D eigenvalue weighted by molar-refractivity contribution is -0.123. The summed E-state index contributed by atoms with van der Waals surface area (Å²) in [4.78, 5) is 13.7. The molecule has 1 saturated heterocycles. The van der Waals surface area contributed by atoms with E-state index in [4.69, 9.17) is 4.74 Å². The van der Waals surface area contributed by atoms with E-state index in [0.29, 0.717) is 19.8 Å². The smallest absolute Gasteiger partial charge is 0.246 e. The summed E-state index contributed by atoms with van der Waals surface area (Å²) in [5.74, 6) is 0.157. The van der Waals surface area contributed by atoms with E-state index in [1.165, 1.54) is 0 Å². The lowest BCUT2D eigenvalue weighted by Gasteiger charge is -2.27. The van der Waals surface area contributed by atoms with Crippen LogP contribution >= 0.6 is 0 Å². The fourth-order valence-electron chi connectivity index (χ4n) is 1.76. The highest BCUT2D eigenvalue weighted by Gasteiger charge is 2.24. The molecule has 2 rings (SSSR count). The second-order valence-electron chi connectivity index (χ2n) is 4.00. The lowest BCUT2D eigenvalue weighted by Crippen LogP contribution is -2.51. The van der Waals surface area contributed by atoms with Crippen molar-refractivity contribution in [2.24, 2.45) is 0 Å². The molecular formula is C12H16N2O3. The number of carbonyl (C=O) groups is 1. The maximum Gasteiger partial charge on any atom is 0.246 e. The predicted octanol–water partition coefficient (Wildman–Crippen LogP) is 0.343.